The van der Waals surface area contributed by atoms with Crippen molar-refractivity contribution in [3.63, 3.8) is 0 Å². The Morgan fingerprint density at radius 2 is 1.86 bits per heavy atom. The first-order chi connectivity index (χ1) is 10.4. The van der Waals surface area contributed by atoms with Crippen LogP contribution in [0.25, 0.3) is 0 Å². The lowest BCUT2D eigenvalue weighted by Gasteiger charge is -2.06. The van der Waals surface area contributed by atoms with E-state index in [-0.39, 0.29) is 11.6 Å². The van der Waals surface area contributed by atoms with E-state index in [4.69, 9.17) is 11.1 Å². The van der Waals surface area contributed by atoms with Crippen molar-refractivity contribution < 1.29 is 4.79 Å². The van der Waals surface area contributed by atoms with Gasteiger partial charge < -0.3 is 10.3 Å². The molecule has 0 saturated carbocycles. The molecule has 0 unspecified atom stereocenters. The summed E-state index contributed by atoms with van der Waals surface area (Å²) in [6.45, 7) is 7.02. The van der Waals surface area contributed by atoms with Crippen molar-refractivity contribution in [1.82, 2.24) is 4.57 Å². The normalized spacial score (nSPS) is 10.7. The number of amidine groups is 1. The molecule has 4 nitrogen and oxygen atoms in total. The van der Waals surface area contributed by atoms with Crippen molar-refractivity contribution >= 4 is 11.6 Å². The van der Waals surface area contributed by atoms with E-state index in [0.717, 1.165) is 29.1 Å². The smallest absolute Gasteiger partial charge is 0.165 e. The first-order valence-corrected chi connectivity index (χ1v) is 7.57. The van der Waals surface area contributed by atoms with E-state index in [1.807, 2.05) is 44.2 Å². The number of nitrogens with one attached hydrogen (secondary N) is 1. The van der Waals surface area contributed by atoms with Gasteiger partial charge in [0.2, 0.25) is 0 Å². The number of Topliss-reactive ketones (excluding diaryl/α,β-unsaturated/α-hetero) is 1. The monoisotopic (exact) mass is 297 g/mol. The third kappa shape index (κ3) is 3.27. The highest BCUT2D eigenvalue weighted by Crippen LogP contribution is 2.18. The van der Waals surface area contributed by atoms with Crippen LogP contribution in [0.3, 0.4) is 0 Å². The van der Waals surface area contributed by atoms with Gasteiger partial charge in [-0.25, -0.2) is 0 Å². The number of rotatable bonds is 6. The van der Waals surface area contributed by atoms with Gasteiger partial charge in [-0.15, -0.1) is 0 Å². The standard InChI is InChI=1S/C18H23N3O/c1-4-21-12(2)11-16(13(21)3)17(22)10-7-14-5-8-15(9-6-14)18(19)20/h5-6,8-9,11H,4,7,10H2,1-3H3,(H3,19,20). The number of nitrogens with two attached hydrogens (primary N) is 1. The lowest BCUT2D eigenvalue weighted by atomic mass is 10.0. The molecular weight excluding hydrogens is 274 g/mol. The van der Waals surface area contributed by atoms with Crippen LogP contribution in [0.2, 0.25) is 0 Å². The topological polar surface area (TPSA) is 71.9 Å². The molecule has 0 aliphatic carbocycles. The summed E-state index contributed by atoms with van der Waals surface area (Å²) in [7, 11) is 0. The lowest BCUT2D eigenvalue weighted by Crippen LogP contribution is -2.10. The molecule has 2 rings (SSSR count). The fraction of sp³-hybridized carbons (Fsp3) is 0.333. The molecule has 0 aliphatic heterocycles. The number of ketones is 1. The fourth-order valence-electron chi connectivity index (χ4n) is 2.81. The molecule has 0 aliphatic rings. The Morgan fingerprint density at radius 3 is 2.36 bits per heavy atom. The number of hydrogen-bond donors (Lipinski definition) is 2. The van der Waals surface area contributed by atoms with Gasteiger partial charge in [-0.3, -0.25) is 10.2 Å². The average molecular weight is 297 g/mol. The van der Waals surface area contributed by atoms with Crippen LogP contribution in [-0.2, 0) is 13.0 Å². The number of aromatic nitrogens is 1. The quantitative estimate of drug-likeness (QED) is 0.488. The fourth-order valence-corrected chi connectivity index (χ4v) is 2.81. The third-order valence-electron chi connectivity index (χ3n) is 4.10. The highest BCUT2D eigenvalue weighted by atomic mass is 16.1. The van der Waals surface area contributed by atoms with E-state index in [9.17, 15) is 4.79 Å². The van der Waals surface area contributed by atoms with Crippen LogP contribution in [0, 0.1) is 19.3 Å². The molecule has 4 heteroatoms. The summed E-state index contributed by atoms with van der Waals surface area (Å²) in [4.78, 5) is 12.4. The number of carbonyl (C=O) groups excluding carboxylic acids is 1. The third-order valence-corrected chi connectivity index (χ3v) is 4.10. The van der Waals surface area contributed by atoms with Crippen LogP contribution in [-0.4, -0.2) is 16.2 Å². The molecule has 0 radical (unpaired) electrons. The maximum absolute atomic E-state index is 12.4. The van der Waals surface area contributed by atoms with Gasteiger partial charge in [-0.05, 0) is 38.8 Å². The van der Waals surface area contributed by atoms with Crippen molar-refractivity contribution in [1.29, 1.82) is 5.41 Å². The van der Waals surface area contributed by atoms with Gasteiger partial charge in [0, 0.05) is 35.5 Å². The molecule has 3 N–H and O–H groups in total. The molecule has 1 heterocycles. The second-order valence-corrected chi connectivity index (χ2v) is 5.56. The number of aryl methyl sites for hydroxylation is 2. The van der Waals surface area contributed by atoms with E-state index in [1.165, 1.54) is 0 Å². The number of carbonyl (C=O) groups is 1. The van der Waals surface area contributed by atoms with Crippen molar-refractivity contribution in [2.75, 3.05) is 0 Å². The Labute approximate surface area is 131 Å². The van der Waals surface area contributed by atoms with Crippen LogP contribution in [0.4, 0.5) is 0 Å². The number of benzene rings is 1. The van der Waals surface area contributed by atoms with Crippen molar-refractivity contribution in [3.8, 4) is 0 Å². The van der Waals surface area contributed by atoms with E-state index in [0.29, 0.717) is 18.4 Å². The minimum Gasteiger partial charge on any atom is -0.384 e. The zero-order valence-corrected chi connectivity index (χ0v) is 13.4. The first-order valence-electron chi connectivity index (χ1n) is 7.57. The highest BCUT2D eigenvalue weighted by molar-refractivity contribution is 5.97. The van der Waals surface area contributed by atoms with Crippen molar-refractivity contribution in [2.24, 2.45) is 5.73 Å². The zero-order valence-electron chi connectivity index (χ0n) is 13.4. The maximum Gasteiger partial charge on any atom is 0.165 e. The summed E-state index contributed by atoms with van der Waals surface area (Å²) in [5, 5.41) is 7.37. The van der Waals surface area contributed by atoms with Crippen LogP contribution in [0.15, 0.2) is 30.3 Å². The number of hydrogen-bond acceptors (Lipinski definition) is 2. The average Bonchev–Trinajstić information content (AvgIpc) is 2.79. The van der Waals surface area contributed by atoms with Crippen molar-refractivity contribution in [3.05, 3.63) is 58.4 Å². The molecule has 1 aromatic carbocycles. The van der Waals surface area contributed by atoms with Crippen LogP contribution >= 0.6 is 0 Å². The zero-order chi connectivity index (χ0) is 16.3. The Morgan fingerprint density at radius 1 is 1.23 bits per heavy atom. The summed E-state index contributed by atoms with van der Waals surface area (Å²) in [6.07, 6.45) is 1.19. The predicted octanol–water partition coefficient (Wildman–Crippen LogP) is 3.22. The largest absolute Gasteiger partial charge is 0.384 e. The minimum atomic E-state index is 0.0645. The second-order valence-electron chi connectivity index (χ2n) is 5.56. The summed E-state index contributed by atoms with van der Waals surface area (Å²) in [6, 6.07) is 9.49. The van der Waals surface area contributed by atoms with Gasteiger partial charge in [-0.2, -0.15) is 0 Å². The van der Waals surface area contributed by atoms with Gasteiger partial charge in [0.25, 0.3) is 0 Å². The molecule has 0 atom stereocenters. The van der Waals surface area contributed by atoms with E-state index < -0.39 is 0 Å². The predicted molar refractivity (Wildman–Crippen MR) is 89.7 cm³/mol. The van der Waals surface area contributed by atoms with E-state index in [1.54, 1.807) is 0 Å². The maximum atomic E-state index is 12.4. The second kappa shape index (κ2) is 6.60. The Kier molecular flexibility index (Phi) is 4.81. The molecule has 2 aromatic rings. The molecule has 116 valence electrons. The molecule has 0 spiro atoms. The lowest BCUT2D eigenvalue weighted by molar-refractivity contribution is 0.0982. The molecule has 1 aromatic heterocycles. The summed E-state index contributed by atoms with van der Waals surface area (Å²) >= 11 is 0. The molecular formula is C18H23N3O. The van der Waals surface area contributed by atoms with E-state index >= 15 is 0 Å². The molecule has 22 heavy (non-hydrogen) atoms. The summed E-state index contributed by atoms with van der Waals surface area (Å²) in [5.41, 5.74) is 10.2. The summed E-state index contributed by atoms with van der Waals surface area (Å²) < 4.78 is 2.16. The van der Waals surface area contributed by atoms with Gasteiger partial charge in [0.15, 0.2) is 5.78 Å². The SMILES string of the molecule is CCn1c(C)cc(C(=O)CCc2ccc(C(=N)N)cc2)c1C. The Balaban J connectivity index is 2.05. The van der Waals surface area contributed by atoms with Crippen LogP contribution < -0.4 is 5.73 Å². The van der Waals surface area contributed by atoms with Crippen LogP contribution in [0.1, 0.15) is 46.2 Å². The van der Waals surface area contributed by atoms with Crippen LogP contribution in [0.5, 0.6) is 0 Å². The first kappa shape index (κ1) is 16.0. The number of nitrogens with zero attached hydrogens (tertiary/aromatic N) is 1. The highest BCUT2D eigenvalue weighted by Gasteiger charge is 2.14. The molecule has 0 fully saturated rings. The molecule has 0 bridgehead atoms. The molecule has 0 saturated heterocycles. The Hall–Kier alpha value is -2.36. The summed E-state index contributed by atoms with van der Waals surface area (Å²) in [5.74, 6) is 0.248. The van der Waals surface area contributed by atoms with E-state index in [2.05, 4.69) is 11.5 Å². The molecule has 0 amide bonds. The number of nitrogen functional groups attached to an aromatic ring is 1. The van der Waals surface area contributed by atoms with Gasteiger partial charge in [-0.1, -0.05) is 24.3 Å². The van der Waals surface area contributed by atoms with Gasteiger partial charge in [0.05, 0.1) is 0 Å². The van der Waals surface area contributed by atoms with Gasteiger partial charge in [0.1, 0.15) is 5.84 Å². The van der Waals surface area contributed by atoms with Crippen molar-refractivity contribution in [2.45, 2.75) is 40.2 Å². The minimum absolute atomic E-state index is 0.0645. The van der Waals surface area contributed by atoms with Gasteiger partial charge >= 0.3 is 0 Å². The Bertz CT molecular complexity index is 696.